The molecular weight excluding hydrogens is 246 g/mol. The van der Waals surface area contributed by atoms with Crippen LogP contribution < -0.4 is 0 Å². The lowest BCUT2D eigenvalue weighted by Crippen LogP contribution is -2.03. The summed E-state index contributed by atoms with van der Waals surface area (Å²) in [6.45, 7) is 1.88. The summed E-state index contributed by atoms with van der Waals surface area (Å²) in [5, 5.41) is 10.4. The monoisotopic (exact) mass is 255 g/mol. The van der Waals surface area contributed by atoms with Gasteiger partial charge in [-0.1, -0.05) is 23.7 Å². The molecule has 0 heterocycles. The molecule has 0 bridgehead atoms. The number of nitro groups is 1. The number of nitro benzene ring substituents is 1. The van der Waals surface area contributed by atoms with Gasteiger partial charge in [0.25, 0.3) is 5.69 Å². The van der Waals surface area contributed by atoms with Crippen molar-refractivity contribution in [1.29, 1.82) is 0 Å². The third-order valence-corrected chi connectivity index (χ3v) is 2.11. The molecule has 0 aliphatic rings. The van der Waals surface area contributed by atoms with Crippen LogP contribution in [0.4, 0.5) is 5.69 Å². The first-order valence-electron chi connectivity index (χ1n) is 4.83. The van der Waals surface area contributed by atoms with Crippen molar-refractivity contribution in [3.05, 3.63) is 45.0 Å². The molecule has 0 fully saturated rings. The second-order valence-corrected chi connectivity index (χ2v) is 3.47. The van der Waals surface area contributed by atoms with E-state index in [0.29, 0.717) is 5.56 Å². The molecule has 0 aromatic heterocycles. The van der Waals surface area contributed by atoms with Crippen molar-refractivity contribution in [2.75, 3.05) is 6.61 Å². The maximum Gasteiger partial charge on any atom is 0.349 e. The molecule has 5 nitrogen and oxygen atoms in total. The molecule has 0 saturated carbocycles. The number of non-ortho nitro benzene ring substituents is 1. The Labute approximate surface area is 103 Å². The van der Waals surface area contributed by atoms with Crippen molar-refractivity contribution in [1.82, 2.24) is 0 Å². The van der Waals surface area contributed by atoms with Gasteiger partial charge in [-0.3, -0.25) is 10.1 Å². The van der Waals surface area contributed by atoms with Crippen LogP contribution in [0.1, 0.15) is 12.5 Å². The third-order valence-electron chi connectivity index (χ3n) is 1.84. The summed E-state index contributed by atoms with van der Waals surface area (Å²) in [5.41, 5.74) is 0.407. The van der Waals surface area contributed by atoms with E-state index in [4.69, 9.17) is 11.6 Å². The first-order valence-corrected chi connectivity index (χ1v) is 5.21. The van der Waals surface area contributed by atoms with Gasteiger partial charge in [-0.25, -0.2) is 4.79 Å². The van der Waals surface area contributed by atoms with Crippen LogP contribution in [0.25, 0.3) is 6.08 Å². The summed E-state index contributed by atoms with van der Waals surface area (Å²) in [5.74, 6) is -0.652. The van der Waals surface area contributed by atoms with E-state index >= 15 is 0 Å². The topological polar surface area (TPSA) is 69.4 Å². The molecular formula is C11H10ClNO4. The first-order chi connectivity index (χ1) is 8.04. The number of rotatable bonds is 4. The van der Waals surface area contributed by atoms with Crippen LogP contribution in [0.5, 0.6) is 0 Å². The molecule has 0 atom stereocenters. The highest BCUT2D eigenvalue weighted by Gasteiger charge is 2.09. The van der Waals surface area contributed by atoms with Gasteiger partial charge in [0.2, 0.25) is 0 Å². The Morgan fingerprint density at radius 3 is 2.88 bits per heavy atom. The van der Waals surface area contributed by atoms with Crippen molar-refractivity contribution in [2.45, 2.75) is 6.92 Å². The fourth-order valence-corrected chi connectivity index (χ4v) is 1.31. The Hall–Kier alpha value is -1.88. The molecule has 0 radical (unpaired) electrons. The zero-order chi connectivity index (χ0) is 12.8. The molecule has 1 aromatic carbocycles. The van der Waals surface area contributed by atoms with E-state index in [2.05, 4.69) is 4.74 Å². The molecule has 0 aliphatic heterocycles. The molecule has 0 spiro atoms. The van der Waals surface area contributed by atoms with Crippen LogP contribution in [0.3, 0.4) is 0 Å². The van der Waals surface area contributed by atoms with E-state index in [0.717, 1.165) is 0 Å². The molecule has 0 saturated heterocycles. The maximum absolute atomic E-state index is 11.2. The van der Waals surface area contributed by atoms with Crippen LogP contribution >= 0.6 is 11.6 Å². The van der Waals surface area contributed by atoms with Gasteiger partial charge >= 0.3 is 5.97 Å². The smallest absolute Gasteiger partial charge is 0.349 e. The summed E-state index contributed by atoms with van der Waals surface area (Å²) in [6, 6.07) is 5.80. The maximum atomic E-state index is 11.2. The minimum absolute atomic E-state index is 0.0629. The minimum Gasteiger partial charge on any atom is -0.462 e. The second-order valence-electron chi connectivity index (χ2n) is 3.06. The number of nitrogens with zero attached hydrogens (tertiary/aromatic N) is 1. The Kier molecular flexibility index (Phi) is 4.66. The average Bonchev–Trinajstić information content (AvgIpc) is 2.29. The van der Waals surface area contributed by atoms with E-state index < -0.39 is 10.9 Å². The number of ether oxygens (including phenoxy) is 1. The Morgan fingerprint density at radius 2 is 2.29 bits per heavy atom. The van der Waals surface area contributed by atoms with Crippen molar-refractivity contribution in [3.63, 3.8) is 0 Å². The lowest BCUT2D eigenvalue weighted by molar-refractivity contribution is -0.384. The van der Waals surface area contributed by atoms with Crippen molar-refractivity contribution < 1.29 is 14.5 Å². The highest BCUT2D eigenvalue weighted by atomic mass is 35.5. The number of carbonyl (C=O) groups excluding carboxylic acids is 1. The number of hydrogen-bond donors (Lipinski definition) is 0. The lowest BCUT2D eigenvalue weighted by atomic mass is 10.2. The molecule has 17 heavy (non-hydrogen) atoms. The average molecular weight is 256 g/mol. The van der Waals surface area contributed by atoms with Crippen LogP contribution in [0.15, 0.2) is 29.3 Å². The lowest BCUT2D eigenvalue weighted by Gasteiger charge is -1.99. The van der Waals surface area contributed by atoms with Crippen LogP contribution in [-0.4, -0.2) is 17.5 Å². The minimum atomic E-state index is -0.652. The fraction of sp³-hybridized carbons (Fsp3) is 0.182. The SMILES string of the molecule is CCOC(=O)C(Cl)=Cc1cccc([N+](=O)[O-])c1. The summed E-state index contributed by atoms with van der Waals surface area (Å²) in [4.78, 5) is 21.2. The van der Waals surface area contributed by atoms with E-state index in [9.17, 15) is 14.9 Å². The first kappa shape index (κ1) is 13.2. The molecule has 1 rings (SSSR count). The molecule has 0 aliphatic carbocycles. The van der Waals surface area contributed by atoms with E-state index in [1.165, 1.54) is 24.3 Å². The predicted molar refractivity (Wildman–Crippen MR) is 63.6 cm³/mol. The number of carbonyl (C=O) groups is 1. The zero-order valence-corrected chi connectivity index (χ0v) is 9.81. The number of esters is 1. The van der Waals surface area contributed by atoms with Gasteiger partial charge < -0.3 is 4.74 Å². The summed E-state index contributed by atoms with van der Waals surface area (Å²) in [6.07, 6.45) is 1.33. The van der Waals surface area contributed by atoms with Crippen LogP contribution in [0, 0.1) is 10.1 Å². The highest BCUT2D eigenvalue weighted by molar-refractivity contribution is 6.43. The van der Waals surface area contributed by atoms with Gasteiger partial charge in [0.05, 0.1) is 11.5 Å². The van der Waals surface area contributed by atoms with E-state index in [1.807, 2.05) is 0 Å². The molecule has 0 amide bonds. The van der Waals surface area contributed by atoms with Crippen molar-refractivity contribution >= 4 is 29.3 Å². The van der Waals surface area contributed by atoms with Crippen LogP contribution in [0.2, 0.25) is 0 Å². The summed E-state index contributed by atoms with van der Waals surface area (Å²) >= 11 is 5.69. The van der Waals surface area contributed by atoms with Gasteiger partial charge in [0.1, 0.15) is 5.03 Å². The van der Waals surface area contributed by atoms with E-state index in [1.54, 1.807) is 13.0 Å². The van der Waals surface area contributed by atoms with Gasteiger partial charge in [-0.15, -0.1) is 0 Å². The Morgan fingerprint density at radius 1 is 1.59 bits per heavy atom. The van der Waals surface area contributed by atoms with E-state index in [-0.39, 0.29) is 17.3 Å². The zero-order valence-electron chi connectivity index (χ0n) is 9.05. The Bertz CT molecular complexity index is 470. The van der Waals surface area contributed by atoms with Crippen molar-refractivity contribution in [3.8, 4) is 0 Å². The van der Waals surface area contributed by atoms with Gasteiger partial charge in [0.15, 0.2) is 0 Å². The molecule has 0 N–H and O–H groups in total. The second kappa shape index (κ2) is 6.00. The van der Waals surface area contributed by atoms with Crippen molar-refractivity contribution in [2.24, 2.45) is 0 Å². The molecule has 90 valence electrons. The molecule has 0 unspecified atom stereocenters. The third kappa shape index (κ3) is 3.88. The summed E-state index contributed by atoms with van der Waals surface area (Å²) in [7, 11) is 0. The number of hydrogen-bond acceptors (Lipinski definition) is 4. The van der Waals surface area contributed by atoms with Crippen LogP contribution in [-0.2, 0) is 9.53 Å². The fourth-order valence-electron chi connectivity index (χ4n) is 1.13. The quantitative estimate of drug-likeness (QED) is 0.359. The number of halogens is 1. The highest BCUT2D eigenvalue weighted by Crippen LogP contribution is 2.17. The Balaban J connectivity index is 2.94. The summed E-state index contributed by atoms with van der Waals surface area (Å²) < 4.78 is 4.68. The molecule has 1 aromatic rings. The van der Waals surface area contributed by atoms with Gasteiger partial charge in [0, 0.05) is 12.1 Å². The number of benzene rings is 1. The predicted octanol–water partition coefficient (Wildman–Crippen LogP) is 2.74. The van der Waals surface area contributed by atoms with Gasteiger partial charge in [-0.2, -0.15) is 0 Å². The standard InChI is InChI=1S/C11H10ClNO4/c1-2-17-11(14)10(12)7-8-4-3-5-9(6-8)13(15)16/h3-7H,2H2,1H3. The molecule has 6 heteroatoms. The largest absolute Gasteiger partial charge is 0.462 e. The van der Waals surface area contributed by atoms with Gasteiger partial charge in [-0.05, 0) is 18.6 Å². The normalized spacial score (nSPS) is 11.1.